The molecule has 4 bridgehead atoms. The van der Waals surface area contributed by atoms with Crippen molar-refractivity contribution in [2.45, 2.75) is 64.7 Å². The van der Waals surface area contributed by atoms with Crippen molar-refractivity contribution in [2.24, 2.45) is 5.41 Å². The third kappa shape index (κ3) is 7.12. The molecule has 1 unspecified atom stereocenters. The summed E-state index contributed by atoms with van der Waals surface area (Å²) in [4.78, 5) is 19.2. The van der Waals surface area contributed by atoms with Gasteiger partial charge in [-0.25, -0.2) is 17.8 Å². The number of aromatic nitrogens is 2. The van der Waals surface area contributed by atoms with Gasteiger partial charge < -0.3 is 19.2 Å². The number of carboxylic acid groups (broad SMARTS) is 1. The Kier molecular flexibility index (Phi) is 8.74. The topological polar surface area (TPSA) is 122 Å². The second kappa shape index (κ2) is 12.6. The second-order valence-corrected chi connectivity index (χ2v) is 15.7. The summed E-state index contributed by atoms with van der Waals surface area (Å²) in [6, 6.07) is 18.1. The molecule has 2 N–H and O–H groups in total. The van der Waals surface area contributed by atoms with Gasteiger partial charge in [0.1, 0.15) is 12.0 Å². The first-order chi connectivity index (χ1) is 22.3. The zero-order valence-electron chi connectivity index (χ0n) is 26.8. The fourth-order valence-electron chi connectivity index (χ4n) is 6.71. The van der Waals surface area contributed by atoms with E-state index in [0.717, 1.165) is 11.1 Å². The lowest BCUT2D eigenvalue weighted by molar-refractivity contribution is -0.136. The SMILES string of the molecule is CC1(C)CCCC(C)(c2cccc(CCC(=O)O)c2)c2coc(n2)-c2cccc(c2)Oc2c(F)cc3[nH]ccc3c2CCS(=O)(=O)C1. The van der Waals surface area contributed by atoms with E-state index in [4.69, 9.17) is 14.1 Å². The highest BCUT2D eigenvalue weighted by atomic mass is 32.2. The number of hydrogen-bond donors (Lipinski definition) is 2. The normalized spacial score (nSPS) is 19.7. The second-order valence-electron chi connectivity index (χ2n) is 13.6. The predicted octanol–water partition coefficient (Wildman–Crippen LogP) is 8.24. The number of ether oxygens (including phenoxy) is 1. The van der Waals surface area contributed by atoms with E-state index < -0.39 is 32.5 Å². The summed E-state index contributed by atoms with van der Waals surface area (Å²) >= 11 is 0. The molecule has 246 valence electrons. The Morgan fingerprint density at radius 2 is 1.87 bits per heavy atom. The maximum atomic E-state index is 15.6. The molecule has 2 aromatic heterocycles. The summed E-state index contributed by atoms with van der Waals surface area (Å²) in [6.07, 6.45) is 5.89. The summed E-state index contributed by atoms with van der Waals surface area (Å²) < 4.78 is 54.9. The van der Waals surface area contributed by atoms with Gasteiger partial charge in [0.15, 0.2) is 21.4 Å². The van der Waals surface area contributed by atoms with E-state index in [-0.39, 0.29) is 30.1 Å². The van der Waals surface area contributed by atoms with Gasteiger partial charge in [-0.3, -0.25) is 4.79 Å². The fourth-order valence-corrected chi connectivity index (χ4v) is 8.71. The van der Waals surface area contributed by atoms with Crippen LogP contribution in [-0.2, 0) is 32.9 Å². The van der Waals surface area contributed by atoms with Crippen LogP contribution in [-0.4, -0.2) is 41.0 Å². The zero-order chi connectivity index (χ0) is 33.4. The van der Waals surface area contributed by atoms with Crippen LogP contribution < -0.4 is 4.74 Å². The van der Waals surface area contributed by atoms with Crippen LogP contribution >= 0.6 is 0 Å². The molecule has 6 rings (SSSR count). The highest BCUT2D eigenvalue weighted by molar-refractivity contribution is 7.91. The van der Waals surface area contributed by atoms with E-state index in [1.807, 2.05) is 50.2 Å². The average molecular weight is 659 g/mol. The minimum absolute atomic E-state index is 0.00623. The monoisotopic (exact) mass is 658 g/mol. The number of nitrogens with zero attached hydrogens (tertiary/aromatic N) is 1. The number of sulfone groups is 1. The van der Waals surface area contributed by atoms with Crippen LogP contribution in [0.4, 0.5) is 4.39 Å². The Labute approximate surface area is 273 Å². The number of fused-ring (bicyclic) bond motifs is 8. The third-order valence-electron chi connectivity index (χ3n) is 9.23. The van der Waals surface area contributed by atoms with Crippen molar-refractivity contribution in [2.75, 3.05) is 11.5 Å². The first-order valence-corrected chi connectivity index (χ1v) is 17.7. The molecule has 1 aliphatic rings. The molecule has 0 fully saturated rings. The number of benzene rings is 3. The van der Waals surface area contributed by atoms with Crippen LogP contribution in [0.25, 0.3) is 22.4 Å². The van der Waals surface area contributed by atoms with Crippen LogP contribution in [0, 0.1) is 11.2 Å². The van der Waals surface area contributed by atoms with Gasteiger partial charge in [0.05, 0.1) is 17.2 Å². The Morgan fingerprint density at radius 1 is 1.06 bits per heavy atom. The van der Waals surface area contributed by atoms with Gasteiger partial charge in [0.2, 0.25) is 5.89 Å². The molecule has 3 aromatic carbocycles. The predicted molar refractivity (Wildman–Crippen MR) is 179 cm³/mol. The Morgan fingerprint density at radius 3 is 2.68 bits per heavy atom. The largest absolute Gasteiger partial charge is 0.481 e. The number of aryl methyl sites for hydroxylation is 2. The Bertz CT molecular complexity index is 2050. The number of oxazole rings is 1. The smallest absolute Gasteiger partial charge is 0.303 e. The number of carbonyl (C=O) groups is 1. The number of aliphatic carboxylic acids is 1. The molecule has 0 saturated carbocycles. The lowest BCUT2D eigenvalue weighted by Gasteiger charge is -2.31. The van der Waals surface area contributed by atoms with Crippen molar-refractivity contribution in [1.29, 1.82) is 0 Å². The maximum absolute atomic E-state index is 15.6. The first kappa shape index (κ1) is 32.5. The molecule has 1 aliphatic heterocycles. The van der Waals surface area contributed by atoms with Crippen LogP contribution in [0.1, 0.15) is 68.8 Å². The highest BCUT2D eigenvalue weighted by Gasteiger charge is 2.35. The van der Waals surface area contributed by atoms with Crippen molar-refractivity contribution in [1.82, 2.24) is 9.97 Å². The molecular weight excluding hydrogens is 619 g/mol. The van der Waals surface area contributed by atoms with Crippen molar-refractivity contribution >= 4 is 26.7 Å². The van der Waals surface area contributed by atoms with Crippen molar-refractivity contribution < 1.29 is 31.9 Å². The van der Waals surface area contributed by atoms with E-state index in [0.29, 0.717) is 65.0 Å². The van der Waals surface area contributed by atoms with Gasteiger partial charge in [-0.1, -0.05) is 50.6 Å². The van der Waals surface area contributed by atoms with Crippen LogP contribution in [0.5, 0.6) is 11.5 Å². The van der Waals surface area contributed by atoms with E-state index in [1.165, 1.54) is 6.07 Å². The molecule has 0 aliphatic carbocycles. The van der Waals surface area contributed by atoms with Crippen LogP contribution in [0.2, 0.25) is 0 Å². The number of rotatable bonds is 4. The van der Waals surface area contributed by atoms with E-state index >= 15 is 4.39 Å². The average Bonchev–Trinajstić information content (AvgIpc) is 3.70. The van der Waals surface area contributed by atoms with E-state index in [2.05, 4.69) is 11.9 Å². The van der Waals surface area contributed by atoms with Gasteiger partial charge in [0.25, 0.3) is 0 Å². The lowest BCUT2D eigenvalue weighted by Crippen LogP contribution is -2.29. The van der Waals surface area contributed by atoms with Crippen molar-refractivity contribution in [3.05, 3.63) is 101 Å². The Hall–Kier alpha value is -4.44. The maximum Gasteiger partial charge on any atom is 0.303 e. The number of H-pyrrole nitrogens is 1. The standard InChI is InChI=1S/C37H39FN2O6S/c1-36(2)15-6-16-37(3,26-9-4-7-24(19-26)11-12-33(41)42)32-22-45-35(40-32)25-8-5-10-27(20-25)46-34-29(14-18-47(43,44)23-36)28-13-17-39-31(28)21-30(34)38/h4-5,7-10,13,17,19-22,39H,6,11-12,14-16,18,23H2,1-3H3,(H,41,42). The van der Waals surface area contributed by atoms with E-state index in [1.54, 1.807) is 30.7 Å². The fraction of sp³-hybridized carbons (Fsp3) is 0.351. The summed E-state index contributed by atoms with van der Waals surface area (Å²) in [6.45, 7) is 6.02. The third-order valence-corrected chi connectivity index (χ3v) is 11.3. The number of hydrogen-bond acceptors (Lipinski definition) is 6. The molecule has 5 aromatic rings. The number of nitrogens with one attached hydrogen (secondary N) is 1. The molecule has 8 nitrogen and oxygen atoms in total. The minimum atomic E-state index is -3.53. The van der Waals surface area contributed by atoms with Gasteiger partial charge in [-0.15, -0.1) is 0 Å². The molecule has 47 heavy (non-hydrogen) atoms. The number of halogens is 1. The van der Waals surface area contributed by atoms with Crippen molar-refractivity contribution in [3.63, 3.8) is 0 Å². The van der Waals surface area contributed by atoms with Crippen LogP contribution in [0.3, 0.4) is 0 Å². The van der Waals surface area contributed by atoms with Gasteiger partial charge in [0, 0.05) is 46.1 Å². The molecule has 1 atom stereocenters. The van der Waals surface area contributed by atoms with Crippen molar-refractivity contribution in [3.8, 4) is 23.0 Å². The molecule has 10 heteroatoms. The minimum Gasteiger partial charge on any atom is -0.481 e. The number of aromatic amines is 1. The van der Waals surface area contributed by atoms with Gasteiger partial charge in [-0.05, 0) is 73.4 Å². The molecular formula is C37H39FN2O6S. The molecule has 0 spiro atoms. The molecule has 3 heterocycles. The summed E-state index contributed by atoms with van der Waals surface area (Å²) in [7, 11) is -3.53. The van der Waals surface area contributed by atoms with E-state index in [9.17, 15) is 18.3 Å². The Balaban J connectivity index is 1.45. The first-order valence-electron chi connectivity index (χ1n) is 15.9. The lowest BCUT2D eigenvalue weighted by atomic mass is 9.74. The molecule has 0 amide bonds. The molecule has 0 saturated heterocycles. The number of carboxylic acids is 1. The summed E-state index contributed by atoms with van der Waals surface area (Å²) in [5.41, 5.74) is 3.16. The van der Waals surface area contributed by atoms with Crippen LogP contribution in [0.15, 0.2) is 77.5 Å². The summed E-state index contributed by atoms with van der Waals surface area (Å²) in [5, 5.41) is 9.95. The zero-order valence-corrected chi connectivity index (χ0v) is 27.6. The highest BCUT2D eigenvalue weighted by Crippen LogP contribution is 2.41. The quantitative estimate of drug-likeness (QED) is 0.199. The van der Waals surface area contributed by atoms with Gasteiger partial charge in [-0.2, -0.15) is 0 Å². The summed E-state index contributed by atoms with van der Waals surface area (Å²) in [5.74, 6) is -0.870. The van der Waals surface area contributed by atoms with Gasteiger partial charge >= 0.3 is 5.97 Å². The molecule has 0 radical (unpaired) electrons.